The van der Waals surface area contributed by atoms with Gasteiger partial charge < -0.3 is 14.5 Å². The maximum absolute atomic E-state index is 12.7. The van der Waals surface area contributed by atoms with Crippen LogP contribution in [-0.4, -0.2) is 82.1 Å². The molecule has 0 atom stereocenters. The molecule has 0 N–H and O–H groups in total. The van der Waals surface area contributed by atoms with Crippen LogP contribution in [0.15, 0.2) is 23.1 Å². The van der Waals surface area contributed by atoms with Crippen molar-refractivity contribution in [2.75, 3.05) is 64.4 Å². The van der Waals surface area contributed by atoms with Crippen molar-refractivity contribution in [1.82, 2.24) is 9.21 Å². The minimum absolute atomic E-state index is 0.0426. The van der Waals surface area contributed by atoms with Crippen LogP contribution in [-0.2, 0) is 14.8 Å². The van der Waals surface area contributed by atoms with Crippen LogP contribution in [0, 0.1) is 10.1 Å². The van der Waals surface area contributed by atoms with Crippen molar-refractivity contribution in [3.05, 3.63) is 28.3 Å². The highest BCUT2D eigenvalue weighted by atomic mass is 32.2. The first kappa shape index (κ1) is 18.1. The van der Waals surface area contributed by atoms with Gasteiger partial charge in [-0.15, -0.1) is 0 Å². The second kappa shape index (κ2) is 7.24. The number of morpholine rings is 1. The fraction of sp³-hybridized carbons (Fsp3) is 0.600. The van der Waals surface area contributed by atoms with Gasteiger partial charge in [-0.1, -0.05) is 0 Å². The smallest absolute Gasteiger partial charge is 0.293 e. The van der Waals surface area contributed by atoms with E-state index in [-0.39, 0.29) is 23.7 Å². The molecule has 0 aromatic heterocycles. The topological polar surface area (TPSA) is 96.2 Å². The van der Waals surface area contributed by atoms with Gasteiger partial charge in [-0.05, 0) is 19.2 Å². The fourth-order valence-corrected chi connectivity index (χ4v) is 4.49. The molecule has 2 heterocycles. The van der Waals surface area contributed by atoms with Gasteiger partial charge in [-0.25, -0.2) is 8.42 Å². The van der Waals surface area contributed by atoms with Crippen molar-refractivity contribution in [1.29, 1.82) is 0 Å². The lowest BCUT2D eigenvalue weighted by Crippen LogP contribution is -2.44. The highest BCUT2D eigenvalue weighted by Crippen LogP contribution is 2.32. The predicted molar refractivity (Wildman–Crippen MR) is 92.4 cm³/mol. The summed E-state index contributed by atoms with van der Waals surface area (Å²) in [7, 11) is -1.75. The summed E-state index contributed by atoms with van der Waals surface area (Å²) in [5, 5.41) is 11.5. The molecule has 0 aliphatic carbocycles. The third-order valence-corrected chi connectivity index (χ3v) is 6.49. The molecule has 25 heavy (non-hydrogen) atoms. The van der Waals surface area contributed by atoms with Crippen LogP contribution in [0.5, 0.6) is 0 Å². The van der Waals surface area contributed by atoms with Gasteiger partial charge in [0.1, 0.15) is 5.69 Å². The molecule has 0 amide bonds. The number of ether oxygens (including phenoxy) is 1. The van der Waals surface area contributed by atoms with Gasteiger partial charge in [0.2, 0.25) is 10.0 Å². The Morgan fingerprint density at radius 3 is 2.32 bits per heavy atom. The molecule has 0 radical (unpaired) electrons. The highest BCUT2D eigenvalue weighted by molar-refractivity contribution is 7.89. The third-order valence-electron chi connectivity index (χ3n) is 4.60. The zero-order valence-electron chi connectivity index (χ0n) is 14.1. The van der Waals surface area contributed by atoms with Crippen LogP contribution in [0.3, 0.4) is 0 Å². The lowest BCUT2D eigenvalue weighted by molar-refractivity contribution is -0.384. The van der Waals surface area contributed by atoms with Crippen molar-refractivity contribution >= 4 is 21.4 Å². The Labute approximate surface area is 147 Å². The van der Waals surface area contributed by atoms with Crippen molar-refractivity contribution in [2.24, 2.45) is 0 Å². The van der Waals surface area contributed by atoms with E-state index in [1.54, 1.807) is 6.07 Å². The average Bonchev–Trinajstić information content (AvgIpc) is 2.62. The standard InChI is InChI=1S/C15H22N4O5S/c1-16-4-6-17(7-5-16)14-3-2-13(12-15(14)19(20)21)25(22,23)18-8-10-24-11-9-18/h2-3,12H,4-11H2,1H3. The summed E-state index contributed by atoms with van der Waals surface area (Å²) in [4.78, 5) is 15.1. The number of hydrogen-bond donors (Lipinski definition) is 0. The first-order valence-electron chi connectivity index (χ1n) is 8.19. The van der Waals surface area contributed by atoms with Crippen molar-refractivity contribution in [3.8, 4) is 0 Å². The molecule has 2 fully saturated rings. The molecule has 0 saturated carbocycles. The Kier molecular flexibility index (Phi) is 5.23. The number of sulfonamides is 1. The fourth-order valence-electron chi connectivity index (χ4n) is 3.06. The number of hydrogen-bond acceptors (Lipinski definition) is 7. The van der Waals surface area contributed by atoms with Gasteiger partial charge >= 0.3 is 0 Å². The molecule has 1 aromatic carbocycles. The molecule has 2 saturated heterocycles. The summed E-state index contributed by atoms with van der Waals surface area (Å²) in [6.45, 7) is 4.16. The number of nitro benzene ring substituents is 1. The van der Waals surface area contributed by atoms with E-state index in [9.17, 15) is 18.5 Å². The van der Waals surface area contributed by atoms with Crippen LogP contribution in [0.1, 0.15) is 0 Å². The Hall–Kier alpha value is -1.75. The summed E-state index contributed by atoms with van der Waals surface area (Å²) >= 11 is 0. The molecule has 3 rings (SSSR count). The molecule has 9 nitrogen and oxygen atoms in total. The molecule has 0 unspecified atom stereocenters. The van der Waals surface area contributed by atoms with Gasteiger partial charge in [0, 0.05) is 45.3 Å². The van der Waals surface area contributed by atoms with E-state index in [2.05, 4.69) is 4.90 Å². The van der Waals surface area contributed by atoms with Gasteiger partial charge in [0.25, 0.3) is 5.69 Å². The number of rotatable bonds is 4. The first-order valence-corrected chi connectivity index (χ1v) is 9.63. The summed E-state index contributed by atoms with van der Waals surface area (Å²) in [6, 6.07) is 4.20. The van der Waals surface area contributed by atoms with E-state index in [0.717, 1.165) is 13.1 Å². The van der Waals surface area contributed by atoms with E-state index in [1.165, 1.54) is 16.4 Å². The molecular weight excluding hydrogens is 348 g/mol. The normalized spacial score (nSPS) is 20.6. The Morgan fingerprint density at radius 2 is 1.72 bits per heavy atom. The number of nitro groups is 1. The molecule has 2 aliphatic rings. The van der Waals surface area contributed by atoms with Crippen LogP contribution in [0.2, 0.25) is 0 Å². The van der Waals surface area contributed by atoms with Gasteiger partial charge in [-0.3, -0.25) is 10.1 Å². The van der Waals surface area contributed by atoms with Crippen LogP contribution in [0.25, 0.3) is 0 Å². The van der Waals surface area contributed by atoms with E-state index in [0.29, 0.717) is 32.0 Å². The van der Waals surface area contributed by atoms with Crippen molar-refractivity contribution in [3.63, 3.8) is 0 Å². The minimum Gasteiger partial charge on any atom is -0.379 e. The van der Waals surface area contributed by atoms with E-state index < -0.39 is 14.9 Å². The van der Waals surface area contributed by atoms with Gasteiger partial charge in [0.15, 0.2) is 0 Å². The summed E-state index contributed by atoms with van der Waals surface area (Å²) in [6.07, 6.45) is 0. The van der Waals surface area contributed by atoms with E-state index in [4.69, 9.17) is 4.74 Å². The largest absolute Gasteiger partial charge is 0.379 e. The lowest BCUT2D eigenvalue weighted by atomic mass is 10.2. The van der Waals surface area contributed by atoms with Gasteiger partial charge in [-0.2, -0.15) is 4.31 Å². The molecule has 138 valence electrons. The molecular formula is C15H22N4O5S. The summed E-state index contributed by atoms with van der Waals surface area (Å²) in [5.41, 5.74) is 0.304. The number of benzene rings is 1. The Morgan fingerprint density at radius 1 is 1.08 bits per heavy atom. The minimum atomic E-state index is -3.75. The summed E-state index contributed by atoms with van der Waals surface area (Å²) in [5.74, 6) is 0. The van der Waals surface area contributed by atoms with Crippen molar-refractivity contribution in [2.45, 2.75) is 4.90 Å². The molecule has 1 aromatic rings. The molecule has 2 aliphatic heterocycles. The number of likely N-dealkylation sites (N-methyl/N-ethyl adjacent to an activating group) is 1. The second-order valence-electron chi connectivity index (χ2n) is 6.21. The zero-order valence-corrected chi connectivity index (χ0v) is 14.9. The SMILES string of the molecule is CN1CCN(c2ccc(S(=O)(=O)N3CCOCC3)cc2[N+](=O)[O-])CC1. The third kappa shape index (κ3) is 3.76. The Balaban J connectivity index is 1.92. The van der Waals surface area contributed by atoms with Gasteiger partial charge in [0.05, 0.1) is 23.0 Å². The number of piperazine rings is 1. The quantitative estimate of drug-likeness (QED) is 0.558. The first-order chi connectivity index (χ1) is 11.9. The monoisotopic (exact) mass is 370 g/mol. The average molecular weight is 370 g/mol. The number of anilines is 1. The van der Waals surface area contributed by atoms with E-state index >= 15 is 0 Å². The lowest BCUT2D eigenvalue weighted by Gasteiger charge is -2.33. The maximum atomic E-state index is 12.7. The maximum Gasteiger partial charge on any atom is 0.293 e. The molecule has 10 heteroatoms. The highest BCUT2D eigenvalue weighted by Gasteiger charge is 2.30. The zero-order chi connectivity index (χ0) is 18.0. The van der Waals surface area contributed by atoms with Crippen LogP contribution in [0.4, 0.5) is 11.4 Å². The number of nitrogens with zero attached hydrogens (tertiary/aromatic N) is 4. The summed E-state index contributed by atoms with van der Waals surface area (Å²) < 4.78 is 31.9. The predicted octanol–water partition coefficient (Wildman–Crippen LogP) is 0.368. The molecule has 0 spiro atoms. The van der Waals surface area contributed by atoms with Crippen LogP contribution < -0.4 is 4.90 Å². The Bertz CT molecular complexity index is 740. The molecule has 0 bridgehead atoms. The second-order valence-corrected chi connectivity index (χ2v) is 8.15. The van der Waals surface area contributed by atoms with E-state index in [1.807, 2.05) is 11.9 Å². The van der Waals surface area contributed by atoms with Crippen molar-refractivity contribution < 1.29 is 18.1 Å². The van der Waals surface area contributed by atoms with Crippen LogP contribution >= 0.6 is 0 Å².